The lowest BCUT2D eigenvalue weighted by Crippen LogP contribution is -1.81. The van der Waals surface area contributed by atoms with Crippen LogP contribution in [0.2, 0.25) is 0 Å². The molecule has 0 aliphatic heterocycles. The van der Waals surface area contributed by atoms with Crippen molar-refractivity contribution in [2.45, 2.75) is 0 Å². The van der Waals surface area contributed by atoms with Crippen LogP contribution in [0, 0.1) is 0 Å². The van der Waals surface area contributed by atoms with Gasteiger partial charge in [0.05, 0.1) is 6.20 Å². The molecule has 0 unspecified atom stereocenters. The van der Waals surface area contributed by atoms with E-state index in [4.69, 9.17) is 4.52 Å². The van der Waals surface area contributed by atoms with Gasteiger partial charge in [0.25, 0.3) is 0 Å². The van der Waals surface area contributed by atoms with Gasteiger partial charge in [0.2, 0.25) is 0 Å². The number of benzene rings is 3. The molecule has 3 nitrogen and oxygen atoms in total. The highest BCUT2D eigenvalue weighted by atomic mass is 16.5. The maximum Gasteiger partial charge on any atom is 0.187 e. The van der Waals surface area contributed by atoms with Gasteiger partial charge in [-0.25, -0.2) is 0 Å². The van der Waals surface area contributed by atoms with Gasteiger partial charge >= 0.3 is 0 Å². The Kier molecular flexibility index (Phi) is 2.12. The van der Waals surface area contributed by atoms with Crippen LogP contribution in [-0.2, 0) is 0 Å². The van der Waals surface area contributed by atoms with E-state index < -0.39 is 0 Å². The monoisotopic (exact) mass is 246 g/mol. The minimum absolute atomic E-state index is 0.695. The lowest BCUT2D eigenvalue weighted by Gasteiger charge is -2.05. The molecule has 0 aliphatic carbocycles. The highest BCUT2D eigenvalue weighted by molar-refractivity contribution is 6.04. The molecule has 3 heteroatoms. The Hall–Kier alpha value is -2.68. The van der Waals surface area contributed by atoms with Crippen LogP contribution in [0.4, 0.5) is 0 Å². The molecule has 0 atom stereocenters. The van der Waals surface area contributed by atoms with Crippen molar-refractivity contribution in [3.05, 3.63) is 60.8 Å². The Morgan fingerprint density at radius 2 is 1.58 bits per heavy atom. The summed E-state index contributed by atoms with van der Waals surface area (Å²) in [7, 11) is 0. The van der Waals surface area contributed by atoms with Gasteiger partial charge in [0, 0.05) is 10.8 Å². The van der Waals surface area contributed by atoms with Gasteiger partial charge in [-0.05, 0) is 33.7 Å². The lowest BCUT2D eigenvalue weighted by molar-refractivity contribution is 0.404. The second-order valence-electron chi connectivity index (χ2n) is 4.51. The van der Waals surface area contributed by atoms with E-state index in [1.165, 1.54) is 16.2 Å². The van der Waals surface area contributed by atoms with Crippen LogP contribution >= 0.6 is 0 Å². The van der Waals surface area contributed by atoms with Crippen molar-refractivity contribution in [1.82, 2.24) is 10.4 Å². The summed E-state index contributed by atoms with van der Waals surface area (Å²) in [5.41, 5.74) is 1.02. The van der Waals surface area contributed by atoms with E-state index in [1.807, 2.05) is 18.2 Å². The Bertz CT molecular complexity index is 866. The molecular formula is C16H10N2O. The summed E-state index contributed by atoms with van der Waals surface area (Å²) in [5.74, 6) is 0.695. The summed E-state index contributed by atoms with van der Waals surface area (Å²) >= 11 is 0. The topological polar surface area (TPSA) is 38.9 Å². The molecule has 0 saturated carbocycles. The van der Waals surface area contributed by atoms with Gasteiger partial charge in [0.15, 0.2) is 5.76 Å². The van der Waals surface area contributed by atoms with Gasteiger partial charge in [-0.1, -0.05) is 42.5 Å². The standard InChI is InChI=1S/C16H10N2O/c1-2-5-12-9-15-13(8-11(12)4-1)6-3-7-14(15)16-10-17-18-19-16/h1-10H. The van der Waals surface area contributed by atoms with Gasteiger partial charge in [0.1, 0.15) is 0 Å². The van der Waals surface area contributed by atoms with Gasteiger partial charge in [-0.2, -0.15) is 0 Å². The Labute approximate surface area is 109 Å². The van der Waals surface area contributed by atoms with Crippen molar-refractivity contribution >= 4 is 21.5 Å². The molecule has 0 bridgehead atoms. The molecule has 0 saturated heterocycles. The van der Waals surface area contributed by atoms with Crippen molar-refractivity contribution in [3.63, 3.8) is 0 Å². The minimum Gasteiger partial charge on any atom is -0.337 e. The Morgan fingerprint density at radius 3 is 2.37 bits per heavy atom. The molecule has 0 amide bonds. The third kappa shape index (κ3) is 1.59. The number of aromatic nitrogens is 2. The second kappa shape index (κ2) is 3.92. The van der Waals surface area contributed by atoms with Crippen molar-refractivity contribution in [1.29, 1.82) is 0 Å². The summed E-state index contributed by atoms with van der Waals surface area (Å²) in [6.07, 6.45) is 1.64. The molecule has 0 spiro atoms. The fraction of sp³-hybridized carbons (Fsp3) is 0. The molecule has 0 aliphatic rings. The third-order valence-corrected chi connectivity index (χ3v) is 3.37. The molecular weight excluding hydrogens is 236 g/mol. The molecule has 3 aromatic carbocycles. The fourth-order valence-electron chi connectivity index (χ4n) is 2.47. The van der Waals surface area contributed by atoms with Crippen molar-refractivity contribution in [3.8, 4) is 11.3 Å². The highest BCUT2D eigenvalue weighted by Gasteiger charge is 2.08. The van der Waals surface area contributed by atoms with Crippen LogP contribution in [0.3, 0.4) is 0 Å². The summed E-state index contributed by atoms with van der Waals surface area (Å²) < 4.78 is 5.18. The van der Waals surface area contributed by atoms with E-state index in [0.717, 1.165) is 10.9 Å². The summed E-state index contributed by atoms with van der Waals surface area (Å²) in [5, 5.41) is 12.1. The van der Waals surface area contributed by atoms with Crippen molar-refractivity contribution < 1.29 is 4.52 Å². The van der Waals surface area contributed by atoms with Gasteiger partial charge in [-0.15, -0.1) is 5.10 Å². The van der Waals surface area contributed by atoms with E-state index in [9.17, 15) is 0 Å². The molecule has 19 heavy (non-hydrogen) atoms. The van der Waals surface area contributed by atoms with Crippen molar-refractivity contribution in [2.75, 3.05) is 0 Å². The first-order valence-corrected chi connectivity index (χ1v) is 6.11. The Morgan fingerprint density at radius 1 is 0.789 bits per heavy atom. The maximum absolute atomic E-state index is 5.18. The number of nitrogens with zero attached hydrogens (tertiary/aromatic N) is 2. The molecule has 4 rings (SSSR count). The van der Waals surface area contributed by atoms with Gasteiger partial charge in [-0.3, -0.25) is 0 Å². The van der Waals surface area contributed by atoms with Crippen LogP contribution in [0.25, 0.3) is 32.9 Å². The van der Waals surface area contributed by atoms with E-state index in [0.29, 0.717) is 5.76 Å². The van der Waals surface area contributed by atoms with E-state index >= 15 is 0 Å². The largest absolute Gasteiger partial charge is 0.337 e. The highest BCUT2D eigenvalue weighted by Crippen LogP contribution is 2.31. The predicted molar refractivity (Wildman–Crippen MR) is 74.7 cm³/mol. The lowest BCUT2D eigenvalue weighted by atomic mass is 9.99. The molecule has 1 heterocycles. The minimum atomic E-state index is 0.695. The van der Waals surface area contributed by atoms with E-state index in [-0.39, 0.29) is 0 Å². The van der Waals surface area contributed by atoms with E-state index in [2.05, 4.69) is 46.8 Å². The summed E-state index contributed by atoms with van der Waals surface area (Å²) in [6.45, 7) is 0. The third-order valence-electron chi connectivity index (χ3n) is 3.37. The molecule has 4 aromatic rings. The number of hydrogen-bond donors (Lipinski definition) is 0. The van der Waals surface area contributed by atoms with Crippen molar-refractivity contribution in [2.24, 2.45) is 0 Å². The molecule has 0 N–H and O–H groups in total. The zero-order chi connectivity index (χ0) is 12.7. The van der Waals surface area contributed by atoms with Crippen LogP contribution in [-0.4, -0.2) is 10.4 Å². The molecule has 1 aromatic heterocycles. The normalized spacial score (nSPS) is 11.2. The predicted octanol–water partition coefficient (Wildman–Crippen LogP) is 4.04. The SMILES string of the molecule is c1ccc2cc3c(-c4cnno4)cccc3cc2c1. The first-order chi connectivity index (χ1) is 9.42. The van der Waals surface area contributed by atoms with E-state index in [1.54, 1.807) is 6.20 Å². The quantitative estimate of drug-likeness (QED) is 0.476. The molecule has 0 radical (unpaired) electrons. The molecule has 0 fully saturated rings. The maximum atomic E-state index is 5.18. The number of rotatable bonds is 1. The molecule has 90 valence electrons. The number of hydrogen-bond acceptors (Lipinski definition) is 3. The summed E-state index contributed by atoms with van der Waals surface area (Å²) in [6, 6.07) is 18.9. The zero-order valence-corrected chi connectivity index (χ0v) is 10.1. The fourth-order valence-corrected chi connectivity index (χ4v) is 2.47. The average molecular weight is 246 g/mol. The van der Waals surface area contributed by atoms with Crippen LogP contribution in [0.5, 0.6) is 0 Å². The first kappa shape index (κ1) is 10.3. The Balaban J connectivity index is 2.12. The average Bonchev–Trinajstić information content (AvgIpc) is 2.98. The van der Waals surface area contributed by atoms with Crippen LogP contribution in [0.15, 0.2) is 65.3 Å². The number of fused-ring (bicyclic) bond motifs is 2. The van der Waals surface area contributed by atoms with Gasteiger partial charge < -0.3 is 4.52 Å². The summed E-state index contributed by atoms with van der Waals surface area (Å²) in [4.78, 5) is 0. The van der Waals surface area contributed by atoms with Crippen LogP contribution < -0.4 is 0 Å². The smallest absolute Gasteiger partial charge is 0.187 e. The zero-order valence-electron chi connectivity index (χ0n) is 10.1. The first-order valence-electron chi connectivity index (χ1n) is 6.11. The second-order valence-corrected chi connectivity index (χ2v) is 4.51. The van der Waals surface area contributed by atoms with Crippen LogP contribution in [0.1, 0.15) is 0 Å².